The molecule has 1 N–H and O–H groups in total. The van der Waals surface area contributed by atoms with E-state index in [2.05, 4.69) is 24.4 Å². The number of nitrogens with one attached hydrogen (secondary N) is 1. The Labute approximate surface area is 172 Å². The molecule has 0 bridgehead atoms. The van der Waals surface area contributed by atoms with Gasteiger partial charge in [-0.2, -0.15) is 0 Å². The third-order valence-corrected chi connectivity index (χ3v) is 5.95. The highest BCUT2D eigenvalue weighted by Gasteiger charge is 2.53. The summed E-state index contributed by atoms with van der Waals surface area (Å²) in [6.45, 7) is 2.90. The lowest BCUT2D eigenvalue weighted by atomic mass is 9.72. The predicted octanol–water partition coefficient (Wildman–Crippen LogP) is 4.86. The number of benzene rings is 3. The fourth-order valence-electron chi connectivity index (χ4n) is 4.36. The molecule has 0 amide bonds. The van der Waals surface area contributed by atoms with Gasteiger partial charge in [0.1, 0.15) is 11.5 Å². The van der Waals surface area contributed by atoms with Gasteiger partial charge in [0.2, 0.25) is 0 Å². The van der Waals surface area contributed by atoms with Gasteiger partial charge in [0.05, 0.1) is 0 Å². The highest BCUT2D eigenvalue weighted by Crippen LogP contribution is 2.44. The second-order valence-electron chi connectivity index (χ2n) is 7.67. The Morgan fingerprint density at radius 3 is 1.93 bits per heavy atom. The molecule has 4 rings (SSSR count). The van der Waals surface area contributed by atoms with E-state index in [-0.39, 0.29) is 18.1 Å². The zero-order valence-electron chi connectivity index (χ0n) is 16.8. The van der Waals surface area contributed by atoms with Gasteiger partial charge in [0.15, 0.2) is 0 Å². The van der Waals surface area contributed by atoms with Crippen LogP contribution < -0.4 is 5.32 Å². The van der Waals surface area contributed by atoms with Crippen molar-refractivity contribution in [3.8, 4) is 0 Å². The Kier molecular flexibility index (Phi) is 5.77. The molecule has 0 aliphatic carbocycles. The first-order valence-electron chi connectivity index (χ1n) is 10.3. The van der Waals surface area contributed by atoms with Crippen molar-refractivity contribution in [2.45, 2.75) is 43.9 Å². The third-order valence-electron chi connectivity index (χ3n) is 5.95. The minimum atomic E-state index is -0.755. The highest BCUT2D eigenvalue weighted by atomic mass is 16.6. The topological polar surface area (TPSA) is 38.3 Å². The van der Waals surface area contributed by atoms with E-state index in [0.29, 0.717) is 6.42 Å². The molecule has 1 aliphatic rings. The van der Waals surface area contributed by atoms with Crippen LogP contribution in [-0.4, -0.2) is 18.1 Å². The summed E-state index contributed by atoms with van der Waals surface area (Å²) in [5, 5.41) is 3.61. The van der Waals surface area contributed by atoms with Crippen LogP contribution in [-0.2, 0) is 21.5 Å². The Bertz CT molecular complexity index is 885. The van der Waals surface area contributed by atoms with E-state index in [9.17, 15) is 4.79 Å². The summed E-state index contributed by atoms with van der Waals surface area (Å²) in [7, 11) is 0. The number of cyclic esters (lactones) is 1. The normalized spacial score (nSPS) is 18.9. The van der Waals surface area contributed by atoms with Crippen LogP contribution in [0.5, 0.6) is 0 Å². The SMILES string of the molecule is CCC(NCc1ccccc1)C1CC(c2ccccc2)(c2ccccc2)C(=O)O1. The Balaban J connectivity index is 1.62. The molecule has 3 heteroatoms. The number of esters is 1. The summed E-state index contributed by atoms with van der Waals surface area (Å²) < 4.78 is 6.03. The number of hydrogen-bond acceptors (Lipinski definition) is 3. The quantitative estimate of drug-likeness (QED) is 0.591. The first-order chi connectivity index (χ1) is 14.2. The zero-order chi connectivity index (χ0) is 20.1. The second-order valence-corrected chi connectivity index (χ2v) is 7.67. The average Bonchev–Trinajstić information content (AvgIpc) is 3.14. The van der Waals surface area contributed by atoms with Crippen LogP contribution in [0.4, 0.5) is 0 Å². The molecule has 2 atom stereocenters. The minimum Gasteiger partial charge on any atom is -0.460 e. The van der Waals surface area contributed by atoms with Crippen LogP contribution in [0.15, 0.2) is 91.0 Å². The van der Waals surface area contributed by atoms with E-state index in [1.54, 1.807) is 0 Å². The number of hydrogen-bond donors (Lipinski definition) is 1. The molecule has 3 nitrogen and oxygen atoms in total. The minimum absolute atomic E-state index is 0.105. The molecule has 1 saturated heterocycles. The van der Waals surface area contributed by atoms with E-state index in [1.165, 1.54) is 5.56 Å². The van der Waals surface area contributed by atoms with Gasteiger partial charge in [-0.1, -0.05) is 97.9 Å². The van der Waals surface area contributed by atoms with Crippen molar-refractivity contribution >= 4 is 5.97 Å². The highest BCUT2D eigenvalue weighted by molar-refractivity contribution is 5.89. The molecule has 0 aromatic heterocycles. The van der Waals surface area contributed by atoms with Crippen molar-refractivity contribution in [2.24, 2.45) is 0 Å². The molecule has 148 valence electrons. The van der Waals surface area contributed by atoms with Gasteiger partial charge < -0.3 is 10.1 Å². The maximum atomic E-state index is 13.4. The smallest absolute Gasteiger partial charge is 0.321 e. The van der Waals surface area contributed by atoms with E-state index in [1.807, 2.05) is 78.9 Å². The van der Waals surface area contributed by atoms with Crippen molar-refractivity contribution in [3.63, 3.8) is 0 Å². The first-order valence-corrected chi connectivity index (χ1v) is 10.3. The van der Waals surface area contributed by atoms with Crippen LogP contribution in [0.25, 0.3) is 0 Å². The summed E-state index contributed by atoms with van der Waals surface area (Å²) >= 11 is 0. The van der Waals surface area contributed by atoms with E-state index >= 15 is 0 Å². The molecule has 0 radical (unpaired) electrons. The lowest BCUT2D eigenvalue weighted by Crippen LogP contribution is -2.39. The maximum absolute atomic E-state index is 13.4. The standard InChI is InChI=1S/C26H27NO2/c1-2-23(27-19-20-12-6-3-7-13-20)24-18-26(25(28)29-24,21-14-8-4-9-15-21)22-16-10-5-11-17-22/h3-17,23-24,27H,2,18-19H2,1H3. The molecular formula is C26H27NO2. The van der Waals surface area contributed by atoms with Crippen molar-refractivity contribution in [2.75, 3.05) is 0 Å². The molecule has 29 heavy (non-hydrogen) atoms. The van der Waals surface area contributed by atoms with Gasteiger partial charge in [0.25, 0.3) is 0 Å². The number of carbonyl (C=O) groups excluding carboxylic acids is 1. The van der Waals surface area contributed by atoms with Gasteiger partial charge in [-0.15, -0.1) is 0 Å². The van der Waals surface area contributed by atoms with Crippen molar-refractivity contribution in [3.05, 3.63) is 108 Å². The molecule has 2 unspecified atom stereocenters. The van der Waals surface area contributed by atoms with Crippen LogP contribution in [0.3, 0.4) is 0 Å². The Hall–Kier alpha value is -2.91. The van der Waals surface area contributed by atoms with Crippen LogP contribution in [0.1, 0.15) is 36.5 Å². The van der Waals surface area contributed by atoms with E-state index < -0.39 is 5.41 Å². The third kappa shape index (κ3) is 3.83. The second kappa shape index (κ2) is 8.62. The van der Waals surface area contributed by atoms with Crippen molar-refractivity contribution in [1.82, 2.24) is 5.32 Å². The van der Waals surface area contributed by atoms with Crippen LogP contribution >= 0.6 is 0 Å². The van der Waals surface area contributed by atoms with Gasteiger partial charge in [-0.25, -0.2) is 0 Å². The summed E-state index contributed by atoms with van der Waals surface area (Å²) in [5.74, 6) is -0.153. The summed E-state index contributed by atoms with van der Waals surface area (Å²) in [5.41, 5.74) is 2.47. The molecule has 0 spiro atoms. The van der Waals surface area contributed by atoms with E-state index in [0.717, 1.165) is 24.1 Å². The van der Waals surface area contributed by atoms with Crippen LogP contribution in [0, 0.1) is 0 Å². The molecular weight excluding hydrogens is 358 g/mol. The lowest BCUT2D eigenvalue weighted by molar-refractivity contribution is -0.145. The Morgan fingerprint density at radius 1 is 0.897 bits per heavy atom. The molecule has 1 fully saturated rings. The number of ether oxygens (including phenoxy) is 1. The molecule has 3 aromatic rings. The monoisotopic (exact) mass is 385 g/mol. The van der Waals surface area contributed by atoms with Crippen molar-refractivity contribution < 1.29 is 9.53 Å². The fraction of sp³-hybridized carbons (Fsp3) is 0.269. The summed E-state index contributed by atoms with van der Waals surface area (Å²) in [6, 6.07) is 30.5. The first kappa shape index (κ1) is 19.4. The van der Waals surface area contributed by atoms with Gasteiger partial charge in [-0.3, -0.25) is 4.79 Å². The lowest BCUT2D eigenvalue weighted by Gasteiger charge is -2.27. The molecule has 0 saturated carbocycles. The predicted molar refractivity (Wildman–Crippen MR) is 116 cm³/mol. The van der Waals surface area contributed by atoms with Crippen molar-refractivity contribution in [1.29, 1.82) is 0 Å². The summed E-state index contributed by atoms with van der Waals surface area (Å²) in [6.07, 6.45) is 1.36. The van der Waals surface area contributed by atoms with Gasteiger partial charge in [0, 0.05) is 19.0 Å². The number of carbonyl (C=O) groups is 1. The Morgan fingerprint density at radius 2 is 1.41 bits per heavy atom. The largest absolute Gasteiger partial charge is 0.460 e. The van der Waals surface area contributed by atoms with Gasteiger partial charge >= 0.3 is 5.97 Å². The molecule has 1 aliphatic heterocycles. The molecule has 1 heterocycles. The maximum Gasteiger partial charge on any atom is 0.321 e. The summed E-state index contributed by atoms with van der Waals surface area (Å²) in [4.78, 5) is 13.4. The van der Waals surface area contributed by atoms with Crippen LogP contribution in [0.2, 0.25) is 0 Å². The van der Waals surface area contributed by atoms with Gasteiger partial charge in [-0.05, 0) is 23.1 Å². The van der Waals surface area contributed by atoms with E-state index in [4.69, 9.17) is 4.74 Å². The zero-order valence-corrected chi connectivity index (χ0v) is 16.8. The average molecular weight is 386 g/mol. The molecule has 3 aromatic carbocycles. The fourth-order valence-corrected chi connectivity index (χ4v) is 4.36. The number of rotatable bonds is 7.